The Morgan fingerprint density at radius 2 is 0.878 bits per heavy atom. The van der Waals surface area contributed by atoms with Crippen molar-refractivity contribution < 1.29 is 15.0 Å². The van der Waals surface area contributed by atoms with Gasteiger partial charge in [-0.15, -0.1) is 0 Å². The molecule has 280 valence electrons. The number of nitrogens with one attached hydrogen (secondary N) is 1. The highest BCUT2D eigenvalue weighted by molar-refractivity contribution is 5.76. The standard InChI is InChI=1S/C45H77NO3/c1-3-5-7-9-11-13-15-17-19-20-21-22-23-24-25-26-27-29-31-33-35-37-39-41-45(49)46-43(42-47)44(48)40-38-36-34-32-30-28-18-16-14-12-10-8-6-4-2/h5,7,11,13,17,19,21-22,24-25,27,29,33,35,43-44,47-48H,3-4,6,8-10,12,14-16,18,20,23,26,28,30-32,34,36-42H2,1-2H3,(H,46,49)/b7-5-,13-11-,19-17-,22-21-,25-24-,29-27-,35-33-. The molecule has 0 aliphatic heterocycles. The minimum absolute atomic E-state index is 0.0931. The first kappa shape index (κ1) is 46.6. The lowest BCUT2D eigenvalue weighted by molar-refractivity contribution is -0.123. The summed E-state index contributed by atoms with van der Waals surface area (Å²) < 4.78 is 0. The predicted molar refractivity (Wildman–Crippen MR) is 216 cm³/mol. The van der Waals surface area contributed by atoms with Crippen molar-refractivity contribution in [3.05, 3.63) is 85.1 Å². The second-order valence-electron chi connectivity index (χ2n) is 13.3. The maximum Gasteiger partial charge on any atom is 0.220 e. The summed E-state index contributed by atoms with van der Waals surface area (Å²) >= 11 is 0. The summed E-state index contributed by atoms with van der Waals surface area (Å²) in [5.74, 6) is -0.0931. The van der Waals surface area contributed by atoms with Crippen molar-refractivity contribution in [2.24, 2.45) is 0 Å². The lowest BCUT2D eigenvalue weighted by Crippen LogP contribution is -2.45. The van der Waals surface area contributed by atoms with Crippen LogP contribution < -0.4 is 5.32 Å². The first-order valence-electron chi connectivity index (χ1n) is 20.3. The summed E-state index contributed by atoms with van der Waals surface area (Å²) in [7, 11) is 0. The third-order valence-corrected chi connectivity index (χ3v) is 8.67. The van der Waals surface area contributed by atoms with Crippen LogP contribution >= 0.6 is 0 Å². The van der Waals surface area contributed by atoms with Crippen LogP contribution in [0.5, 0.6) is 0 Å². The van der Waals surface area contributed by atoms with Gasteiger partial charge in [0.1, 0.15) is 0 Å². The minimum atomic E-state index is -0.687. The topological polar surface area (TPSA) is 69.6 Å². The van der Waals surface area contributed by atoms with Crippen LogP contribution in [0, 0.1) is 0 Å². The van der Waals surface area contributed by atoms with E-state index in [1.54, 1.807) is 0 Å². The summed E-state index contributed by atoms with van der Waals surface area (Å²) in [6.45, 7) is 4.20. The van der Waals surface area contributed by atoms with Gasteiger partial charge in [-0.2, -0.15) is 0 Å². The van der Waals surface area contributed by atoms with Gasteiger partial charge in [-0.3, -0.25) is 4.79 Å². The number of rotatable bonds is 35. The van der Waals surface area contributed by atoms with E-state index in [0.717, 1.165) is 70.6 Å². The molecule has 2 unspecified atom stereocenters. The zero-order valence-corrected chi connectivity index (χ0v) is 31.9. The monoisotopic (exact) mass is 680 g/mol. The quantitative estimate of drug-likeness (QED) is 0.0461. The first-order valence-corrected chi connectivity index (χ1v) is 20.3. The highest BCUT2D eigenvalue weighted by atomic mass is 16.3. The van der Waals surface area contributed by atoms with Crippen LogP contribution in [0.25, 0.3) is 0 Å². The largest absolute Gasteiger partial charge is 0.394 e. The van der Waals surface area contributed by atoms with E-state index in [0.29, 0.717) is 12.8 Å². The van der Waals surface area contributed by atoms with Gasteiger partial charge in [0.15, 0.2) is 0 Å². The second kappa shape index (κ2) is 40.0. The number of aliphatic hydroxyl groups excluding tert-OH is 2. The van der Waals surface area contributed by atoms with E-state index in [4.69, 9.17) is 0 Å². The highest BCUT2D eigenvalue weighted by Crippen LogP contribution is 2.14. The van der Waals surface area contributed by atoms with Crippen LogP contribution in [-0.2, 0) is 4.79 Å². The van der Waals surface area contributed by atoms with Gasteiger partial charge in [-0.05, 0) is 64.2 Å². The van der Waals surface area contributed by atoms with Gasteiger partial charge in [-0.25, -0.2) is 0 Å². The zero-order chi connectivity index (χ0) is 35.7. The van der Waals surface area contributed by atoms with Crippen LogP contribution in [0.3, 0.4) is 0 Å². The summed E-state index contributed by atoms with van der Waals surface area (Å²) in [6.07, 6.45) is 57.9. The molecular formula is C45H77NO3. The summed E-state index contributed by atoms with van der Waals surface area (Å²) in [5.41, 5.74) is 0. The minimum Gasteiger partial charge on any atom is -0.394 e. The van der Waals surface area contributed by atoms with Gasteiger partial charge in [0.05, 0.1) is 18.8 Å². The van der Waals surface area contributed by atoms with Gasteiger partial charge in [-0.1, -0.05) is 189 Å². The average Bonchev–Trinajstić information content (AvgIpc) is 3.10. The molecular weight excluding hydrogens is 602 g/mol. The van der Waals surface area contributed by atoms with Crippen LogP contribution in [0.2, 0.25) is 0 Å². The molecule has 0 radical (unpaired) electrons. The van der Waals surface area contributed by atoms with E-state index in [2.05, 4.69) is 104 Å². The molecule has 4 nitrogen and oxygen atoms in total. The number of hydrogen-bond donors (Lipinski definition) is 3. The molecule has 0 aromatic heterocycles. The Labute approximate surface area is 303 Å². The van der Waals surface area contributed by atoms with Crippen LogP contribution in [0.15, 0.2) is 85.1 Å². The molecule has 0 heterocycles. The molecule has 2 atom stereocenters. The number of amides is 1. The maximum absolute atomic E-state index is 12.3. The van der Waals surface area contributed by atoms with Crippen molar-refractivity contribution in [2.75, 3.05) is 6.61 Å². The van der Waals surface area contributed by atoms with Gasteiger partial charge in [0, 0.05) is 6.42 Å². The van der Waals surface area contributed by atoms with Crippen molar-refractivity contribution in [1.82, 2.24) is 5.32 Å². The molecule has 0 aliphatic carbocycles. The molecule has 0 bridgehead atoms. The normalized spacial score (nSPS) is 14.0. The van der Waals surface area contributed by atoms with Gasteiger partial charge in [0.25, 0.3) is 0 Å². The predicted octanol–water partition coefficient (Wildman–Crippen LogP) is 12.5. The number of carbonyl (C=O) groups excluding carboxylic acids is 1. The Morgan fingerprint density at radius 1 is 0.510 bits per heavy atom. The Balaban J connectivity index is 3.73. The van der Waals surface area contributed by atoms with Crippen molar-refractivity contribution in [3.63, 3.8) is 0 Å². The van der Waals surface area contributed by atoms with Gasteiger partial charge in [0.2, 0.25) is 5.91 Å². The maximum atomic E-state index is 12.3. The Hall–Kier alpha value is -2.43. The van der Waals surface area contributed by atoms with Crippen LogP contribution in [0.4, 0.5) is 0 Å². The number of hydrogen-bond acceptors (Lipinski definition) is 3. The molecule has 4 heteroatoms. The van der Waals surface area contributed by atoms with Crippen molar-refractivity contribution in [1.29, 1.82) is 0 Å². The third kappa shape index (κ3) is 36.7. The number of carbonyl (C=O) groups is 1. The van der Waals surface area contributed by atoms with Crippen LogP contribution in [-0.4, -0.2) is 34.9 Å². The van der Waals surface area contributed by atoms with Crippen molar-refractivity contribution >= 4 is 5.91 Å². The Kier molecular flexibility index (Phi) is 38.0. The molecule has 0 aliphatic rings. The lowest BCUT2D eigenvalue weighted by Gasteiger charge is -2.22. The van der Waals surface area contributed by atoms with E-state index in [1.807, 2.05) is 0 Å². The smallest absolute Gasteiger partial charge is 0.220 e. The van der Waals surface area contributed by atoms with E-state index in [-0.39, 0.29) is 12.5 Å². The number of unbranched alkanes of at least 4 members (excludes halogenated alkanes) is 14. The molecule has 0 saturated carbocycles. The molecule has 0 aromatic rings. The van der Waals surface area contributed by atoms with Crippen molar-refractivity contribution in [3.8, 4) is 0 Å². The Morgan fingerprint density at radius 3 is 1.27 bits per heavy atom. The molecule has 0 spiro atoms. The van der Waals surface area contributed by atoms with E-state index >= 15 is 0 Å². The number of aliphatic hydroxyl groups is 2. The lowest BCUT2D eigenvalue weighted by atomic mass is 10.0. The second-order valence-corrected chi connectivity index (χ2v) is 13.3. The summed E-state index contributed by atoms with van der Waals surface area (Å²) in [5, 5.41) is 23.1. The summed E-state index contributed by atoms with van der Waals surface area (Å²) in [4.78, 5) is 12.3. The van der Waals surface area contributed by atoms with Gasteiger partial charge < -0.3 is 15.5 Å². The molecule has 0 aromatic carbocycles. The fraction of sp³-hybridized carbons (Fsp3) is 0.667. The first-order chi connectivity index (χ1) is 24.2. The Bertz CT molecular complexity index is 910. The van der Waals surface area contributed by atoms with E-state index in [9.17, 15) is 15.0 Å². The molecule has 0 fully saturated rings. The third-order valence-electron chi connectivity index (χ3n) is 8.67. The van der Waals surface area contributed by atoms with E-state index < -0.39 is 12.1 Å². The SMILES string of the molecule is CC/C=C\C/C=C\C/C=C\C/C=C\C/C=C\C/C=C\C/C=C\CCCC(=O)NC(CO)C(O)CCCCCCCCCCCCCCCC. The van der Waals surface area contributed by atoms with Crippen molar-refractivity contribution in [2.45, 2.75) is 187 Å². The fourth-order valence-electron chi connectivity index (χ4n) is 5.58. The molecule has 3 N–H and O–H groups in total. The molecule has 1 amide bonds. The highest BCUT2D eigenvalue weighted by Gasteiger charge is 2.19. The van der Waals surface area contributed by atoms with Crippen LogP contribution in [0.1, 0.15) is 174 Å². The molecule has 49 heavy (non-hydrogen) atoms. The molecule has 0 rings (SSSR count). The average molecular weight is 680 g/mol. The summed E-state index contributed by atoms with van der Waals surface area (Å²) in [6, 6.07) is -0.571. The zero-order valence-electron chi connectivity index (χ0n) is 31.9. The van der Waals surface area contributed by atoms with E-state index in [1.165, 1.54) is 77.0 Å². The number of allylic oxidation sites excluding steroid dienone is 14. The van der Waals surface area contributed by atoms with Gasteiger partial charge >= 0.3 is 0 Å². The molecule has 0 saturated heterocycles. The fourth-order valence-corrected chi connectivity index (χ4v) is 5.58.